The fourth-order valence-corrected chi connectivity index (χ4v) is 1.24. The zero-order valence-electron chi connectivity index (χ0n) is 10.0. The minimum absolute atomic E-state index is 0.128. The molecule has 0 saturated carbocycles. The third kappa shape index (κ3) is 4.58. The van der Waals surface area contributed by atoms with E-state index >= 15 is 0 Å². The van der Waals surface area contributed by atoms with E-state index in [1.807, 2.05) is 24.3 Å². The number of hydrogen-bond acceptors (Lipinski definition) is 2. The molecular formula is C13H16N2O2. The Balaban J connectivity index is 2.63. The molecule has 0 unspecified atom stereocenters. The van der Waals surface area contributed by atoms with Gasteiger partial charge in [0.05, 0.1) is 0 Å². The van der Waals surface area contributed by atoms with E-state index in [-0.39, 0.29) is 12.6 Å². The molecule has 0 bridgehead atoms. The monoisotopic (exact) mass is 232 g/mol. The second-order valence-corrected chi connectivity index (χ2v) is 3.71. The third-order valence-corrected chi connectivity index (χ3v) is 2.09. The summed E-state index contributed by atoms with van der Waals surface area (Å²) in [5, 5.41) is 11.4. The molecule has 0 saturated heterocycles. The first kappa shape index (κ1) is 13.1. The van der Waals surface area contributed by atoms with Gasteiger partial charge in [0.15, 0.2) is 0 Å². The molecule has 0 heterocycles. The zero-order chi connectivity index (χ0) is 12.7. The van der Waals surface area contributed by atoms with Crippen molar-refractivity contribution in [2.24, 2.45) is 0 Å². The molecule has 0 aliphatic rings. The lowest BCUT2D eigenvalue weighted by atomic mass is 10.1. The van der Waals surface area contributed by atoms with Crippen molar-refractivity contribution in [3.8, 4) is 11.8 Å². The second kappa shape index (κ2) is 6.56. The molecule has 0 radical (unpaired) electrons. The molecule has 4 heteroatoms. The molecule has 1 aromatic rings. The first-order valence-electron chi connectivity index (χ1n) is 5.27. The summed E-state index contributed by atoms with van der Waals surface area (Å²) in [7, 11) is 3.39. The van der Waals surface area contributed by atoms with Crippen molar-refractivity contribution < 1.29 is 9.90 Å². The lowest BCUT2D eigenvalue weighted by molar-refractivity contribution is 0.217. The predicted octanol–water partition coefficient (Wildman–Crippen LogP) is 0.802. The molecule has 0 aliphatic carbocycles. The van der Waals surface area contributed by atoms with E-state index in [1.54, 1.807) is 14.1 Å². The van der Waals surface area contributed by atoms with Crippen LogP contribution in [0.2, 0.25) is 0 Å². The van der Waals surface area contributed by atoms with Gasteiger partial charge in [-0.15, -0.1) is 0 Å². The summed E-state index contributed by atoms with van der Waals surface area (Å²) in [6.07, 6.45) is 0. The summed E-state index contributed by atoms with van der Waals surface area (Å²) >= 11 is 0. The molecule has 1 rings (SSSR count). The second-order valence-electron chi connectivity index (χ2n) is 3.71. The van der Waals surface area contributed by atoms with Gasteiger partial charge in [-0.3, -0.25) is 0 Å². The average Bonchev–Trinajstić information content (AvgIpc) is 2.33. The Morgan fingerprint density at radius 2 is 2.24 bits per heavy atom. The van der Waals surface area contributed by atoms with Crippen LogP contribution in [0.1, 0.15) is 11.1 Å². The summed E-state index contributed by atoms with van der Waals surface area (Å²) in [5.41, 5.74) is 1.81. The molecule has 0 aliphatic heterocycles. The number of nitrogens with one attached hydrogen (secondary N) is 1. The van der Waals surface area contributed by atoms with Gasteiger partial charge in [-0.1, -0.05) is 24.0 Å². The first-order chi connectivity index (χ1) is 8.13. The van der Waals surface area contributed by atoms with E-state index in [1.165, 1.54) is 4.90 Å². The molecule has 4 nitrogen and oxygen atoms in total. The van der Waals surface area contributed by atoms with Gasteiger partial charge in [0, 0.05) is 26.2 Å². The lowest BCUT2D eigenvalue weighted by Crippen LogP contribution is -2.33. The summed E-state index contributed by atoms with van der Waals surface area (Å²) in [5.74, 6) is 5.41. The van der Waals surface area contributed by atoms with E-state index in [9.17, 15) is 4.79 Å². The molecule has 90 valence electrons. The highest BCUT2D eigenvalue weighted by molar-refractivity contribution is 5.73. The highest BCUT2D eigenvalue weighted by Crippen LogP contribution is 2.03. The molecule has 2 amide bonds. The van der Waals surface area contributed by atoms with Crippen molar-refractivity contribution in [3.63, 3.8) is 0 Å². The van der Waals surface area contributed by atoms with Gasteiger partial charge in [0.25, 0.3) is 0 Å². The Labute approximate surface area is 101 Å². The number of nitrogens with zero attached hydrogens (tertiary/aromatic N) is 1. The van der Waals surface area contributed by atoms with Crippen LogP contribution in [0.3, 0.4) is 0 Å². The van der Waals surface area contributed by atoms with Crippen LogP contribution in [0.25, 0.3) is 0 Å². The lowest BCUT2D eigenvalue weighted by Gasteiger charge is -2.11. The standard InChI is InChI=1S/C13H16N2O2/c1-15(2)13(17)14-10-12-6-3-5-11(9-12)7-4-8-16/h3,5-6,9,16H,8,10H2,1-2H3,(H,14,17). The van der Waals surface area contributed by atoms with Crippen LogP contribution in [-0.2, 0) is 6.54 Å². The van der Waals surface area contributed by atoms with Crippen LogP contribution in [0.5, 0.6) is 0 Å². The number of urea groups is 1. The van der Waals surface area contributed by atoms with Gasteiger partial charge in [0.2, 0.25) is 0 Å². The van der Waals surface area contributed by atoms with Crippen LogP contribution in [0, 0.1) is 11.8 Å². The summed E-state index contributed by atoms with van der Waals surface area (Å²) < 4.78 is 0. The van der Waals surface area contributed by atoms with Crippen LogP contribution >= 0.6 is 0 Å². The highest BCUT2D eigenvalue weighted by Gasteiger charge is 2.02. The number of benzene rings is 1. The molecular weight excluding hydrogens is 216 g/mol. The van der Waals surface area contributed by atoms with Crippen molar-refractivity contribution in [2.45, 2.75) is 6.54 Å². The number of carbonyl (C=O) groups excluding carboxylic acids is 1. The summed E-state index contributed by atoms with van der Waals surface area (Å²) in [4.78, 5) is 12.8. The molecule has 2 N–H and O–H groups in total. The molecule has 1 aromatic carbocycles. The fraction of sp³-hybridized carbons (Fsp3) is 0.308. The quantitative estimate of drug-likeness (QED) is 0.741. The average molecular weight is 232 g/mol. The van der Waals surface area contributed by atoms with E-state index in [0.717, 1.165) is 11.1 Å². The third-order valence-electron chi connectivity index (χ3n) is 2.09. The SMILES string of the molecule is CN(C)C(=O)NCc1cccc(C#CCO)c1. The predicted molar refractivity (Wildman–Crippen MR) is 66.3 cm³/mol. The van der Waals surface area contributed by atoms with Gasteiger partial charge in [0.1, 0.15) is 6.61 Å². The van der Waals surface area contributed by atoms with Gasteiger partial charge >= 0.3 is 6.03 Å². The van der Waals surface area contributed by atoms with Crippen LogP contribution in [0.4, 0.5) is 4.79 Å². The summed E-state index contributed by atoms with van der Waals surface area (Å²) in [6.45, 7) is 0.313. The van der Waals surface area contributed by atoms with Gasteiger partial charge in [-0.25, -0.2) is 4.79 Å². The van der Waals surface area contributed by atoms with Gasteiger partial charge < -0.3 is 15.3 Å². The Morgan fingerprint density at radius 3 is 2.88 bits per heavy atom. The van der Waals surface area contributed by atoms with Crippen molar-refractivity contribution in [2.75, 3.05) is 20.7 Å². The zero-order valence-corrected chi connectivity index (χ0v) is 10.0. The minimum Gasteiger partial charge on any atom is -0.384 e. The Kier molecular flexibility index (Phi) is 5.05. The Morgan fingerprint density at radius 1 is 1.47 bits per heavy atom. The first-order valence-corrected chi connectivity index (χ1v) is 5.27. The maximum absolute atomic E-state index is 11.3. The molecule has 0 spiro atoms. The van der Waals surface area contributed by atoms with Crippen LogP contribution in [-0.4, -0.2) is 36.7 Å². The Bertz CT molecular complexity index is 444. The number of aliphatic hydroxyl groups is 1. The van der Waals surface area contributed by atoms with E-state index in [0.29, 0.717) is 6.54 Å². The van der Waals surface area contributed by atoms with Crippen molar-refractivity contribution >= 4 is 6.03 Å². The number of carbonyl (C=O) groups is 1. The van der Waals surface area contributed by atoms with Crippen LogP contribution < -0.4 is 5.32 Å². The highest BCUT2D eigenvalue weighted by atomic mass is 16.2. The maximum atomic E-state index is 11.3. The number of rotatable bonds is 2. The molecule has 0 aromatic heterocycles. The molecule has 0 atom stereocenters. The van der Waals surface area contributed by atoms with Crippen LogP contribution in [0.15, 0.2) is 24.3 Å². The smallest absolute Gasteiger partial charge is 0.317 e. The van der Waals surface area contributed by atoms with Gasteiger partial charge in [-0.2, -0.15) is 0 Å². The fourth-order valence-electron chi connectivity index (χ4n) is 1.24. The number of amides is 2. The van der Waals surface area contributed by atoms with E-state index in [4.69, 9.17) is 5.11 Å². The van der Waals surface area contributed by atoms with Crippen molar-refractivity contribution in [1.29, 1.82) is 0 Å². The normalized spacial score (nSPS) is 9.12. The minimum atomic E-state index is -0.151. The summed E-state index contributed by atoms with van der Waals surface area (Å²) in [6, 6.07) is 7.41. The molecule has 0 fully saturated rings. The van der Waals surface area contributed by atoms with Crippen molar-refractivity contribution in [1.82, 2.24) is 10.2 Å². The van der Waals surface area contributed by atoms with E-state index < -0.39 is 0 Å². The van der Waals surface area contributed by atoms with Gasteiger partial charge in [-0.05, 0) is 17.7 Å². The molecule has 17 heavy (non-hydrogen) atoms. The van der Waals surface area contributed by atoms with Crippen molar-refractivity contribution in [3.05, 3.63) is 35.4 Å². The van der Waals surface area contributed by atoms with E-state index in [2.05, 4.69) is 17.2 Å². The largest absolute Gasteiger partial charge is 0.384 e. The number of hydrogen-bond donors (Lipinski definition) is 2. The maximum Gasteiger partial charge on any atom is 0.317 e. The Hall–Kier alpha value is -1.99. The topological polar surface area (TPSA) is 52.6 Å². The number of aliphatic hydroxyl groups excluding tert-OH is 1.